The summed E-state index contributed by atoms with van der Waals surface area (Å²) in [5, 5.41) is 20.1. The third kappa shape index (κ3) is 2.85. The maximum atomic E-state index is 12.5. The minimum absolute atomic E-state index is 0.0170. The first-order chi connectivity index (χ1) is 10.3. The minimum Gasteiger partial charge on any atom is -0.481 e. The number of nitrogen functional groups attached to an aromatic ring is 1. The van der Waals surface area contributed by atoms with Gasteiger partial charge in [-0.25, -0.2) is 0 Å². The molecule has 22 heavy (non-hydrogen) atoms. The van der Waals surface area contributed by atoms with Crippen LogP contribution in [0.2, 0.25) is 0 Å². The number of piperidine rings is 1. The summed E-state index contributed by atoms with van der Waals surface area (Å²) >= 11 is 0. The Labute approximate surface area is 126 Å². The highest BCUT2D eigenvalue weighted by molar-refractivity contribution is 5.96. The van der Waals surface area contributed by atoms with Crippen molar-refractivity contribution in [3.63, 3.8) is 0 Å². The van der Waals surface area contributed by atoms with Crippen LogP contribution in [-0.4, -0.2) is 39.4 Å². The molecule has 0 saturated carbocycles. The molecule has 0 aromatic heterocycles. The van der Waals surface area contributed by atoms with Crippen LogP contribution in [0.5, 0.6) is 0 Å². The molecule has 1 aliphatic rings. The Morgan fingerprint density at radius 3 is 2.73 bits per heavy atom. The molecule has 0 unspecified atom stereocenters. The van der Waals surface area contributed by atoms with Gasteiger partial charge in [0.2, 0.25) is 0 Å². The average molecular weight is 307 g/mol. The second kappa shape index (κ2) is 6.00. The molecule has 2 rings (SSSR count). The summed E-state index contributed by atoms with van der Waals surface area (Å²) < 4.78 is 0. The summed E-state index contributed by atoms with van der Waals surface area (Å²) in [5.74, 6) is -1.98. The van der Waals surface area contributed by atoms with Gasteiger partial charge in [-0.1, -0.05) is 0 Å². The van der Waals surface area contributed by atoms with E-state index >= 15 is 0 Å². The SMILES string of the molecule is C[C@@H]1[C@H](C(=O)O)CCCN1C(=O)c1ccc(N)c([N+](=O)[O-])c1. The molecule has 2 atom stereocenters. The van der Waals surface area contributed by atoms with Crippen molar-refractivity contribution < 1.29 is 19.6 Å². The van der Waals surface area contributed by atoms with E-state index in [0.29, 0.717) is 19.4 Å². The second-order valence-corrected chi connectivity index (χ2v) is 5.36. The van der Waals surface area contributed by atoms with Gasteiger partial charge in [-0.15, -0.1) is 0 Å². The molecule has 1 fully saturated rings. The molecule has 0 radical (unpaired) electrons. The molecule has 0 aliphatic carbocycles. The van der Waals surface area contributed by atoms with E-state index in [9.17, 15) is 24.8 Å². The van der Waals surface area contributed by atoms with Crippen molar-refractivity contribution in [2.45, 2.75) is 25.8 Å². The number of benzene rings is 1. The number of rotatable bonds is 3. The van der Waals surface area contributed by atoms with Crippen LogP contribution in [0.25, 0.3) is 0 Å². The third-order valence-corrected chi connectivity index (χ3v) is 4.04. The predicted molar refractivity (Wildman–Crippen MR) is 78.4 cm³/mol. The molecule has 8 heteroatoms. The van der Waals surface area contributed by atoms with Gasteiger partial charge >= 0.3 is 5.97 Å². The number of carboxylic acids is 1. The Balaban J connectivity index is 2.29. The molecular formula is C14H17N3O5. The van der Waals surface area contributed by atoms with Gasteiger partial charge in [0.1, 0.15) is 5.69 Å². The minimum atomic E-state index is -0.937. The molecular weight excluding hydrogens is 290 g/mol. The van der Waals surface area contributed by atoms with Gasteiger partial charge in [-0.2, -0.15) is 0 Å². The summed E-state index contributed by atoms with van der Waals surface area (Å²) in [6, 6.07) is 3.40. The number of anilines is 1. The lowest BCUT2D eigenvalue weighted by Crippen LogP contribution is -2.49. The molecule has 1 aromatic carbocycles. The fraction of sp³-hybridized carbons (Fsp3) is 0.429. The van der Waals surface area contributed by atoms with Gasteiger partial charge in [0.15, 0.2) is 0 Å². The topological polar surface area (TPSA) is 127 Å². The summed E-state index contributed by atoms with van der Waals surface area (Å²) in [6.07, 6.45) is 1.10. The van der Waals surface area contributed by atoms with Crippen molar-refractivity contribution in [2.24, 2.45) is 5.92 Å². The average Bonchev–Trinajstić information content (AvgIpc) is 2.46. The molecule has 1 heterocycles. The molecule has 1 amide bonds. The lowest BCUT2D eigenvalue weighted by molar-refractivity contribution is -0.383. The van der Waals surface area contributed by atoms with E-state index in [0.717, 1.165) is 6.07 Å². The molecule has 1 aromatic rings. The van der Waals surface area contributed by atoms with Crippen LogP contribution < -0.4 is 5.73 Å². The number of carbonyl (C=O) groups excluding carboxylic acids is 1. The Hall–Kier alpha value is -2.64. The largest absolute Gasteiger partial charge is 0.481 e. The van der Waals surface area contributed by atoms with Crippen molar-refractivity contribution >= 4 is 23.3 Å². The third-order valence-electron chi connectivity index (χ3n) is 4.04. The Morgan fingerprint density at radius 2 is 2.14 bits per heavy atom. The summed E-state index contributed by atoms with van der Waals surface area (Å²) in [6.45, 7) is 2.11. The molecule has 3 N–H and O–H groups in total. The number of carbonyl (C=O) groups is 2. The normalized spacial score (nSPS) is 21.4. The van der Waals surface area contributed by atoms with Crippen LogP contribution >= 0.6 is 0 Å². The van der Waals surface area contributed by atoms with Gasteiger partial charge in [0.25, 0.3) is 11.6 Å². The zero-order valence-electron chi connectivity index (χ0n) is 12.1. The van der Waals surface area contributed by atoms with Gasteiger partial charge in [0, 0.05) is 24.2 Å². The van der Waals surface area contributed by atoms with Crippen molar-refractivity contribution in [1.82, 2.24) is 4.90 Å². The fourth-order valence-electron chi connectivity index (χ4n) is 2.76. The standard InChI is InChI=1S/C14H17N3O5/c1-8-10(14(19)20)3-2-6-16(8)13(18)9-4-5-11(15)12(7-9)17(21)22/h4-5,7-8,10H,2-3,6,15H2,1H3,(H,19,20)/t8-,10-/m1/s1. The molecule has 1 aliphatic heterocycles. The maximum absolute atomic E-state index is 12.5. The first-order valence-electron chi connectivity index (χ1n) is 6.90. The van der Waals surface area contributed by atoms with Crippen LogP contribution in [0.15, 0.2) is 18.2 Å². The van der Waals surface area contributed by atoms with Crippen LogP contribution in [0, 0.1) is 16.0 Å². The smallest absolute Gasteiger partial charge is 0.308 e. The first-order valence-corrected chi connectivity index (χ1v) is 6.90. The number of aliphatic carboxylic acids is 1. The Morgan fingerprint density at radius 1 is 1.45 bits per heavy atom. The molecule has 118 valence electrons. The lowest BCUT2D eigenvalue weighted by atomic mass is 9.90. The highest BCUT2D eigenvalue weighted by Gasteiger charge is 2.36. The summed E-state index contributed by atoms with van der Waals surface area (Å²) in [7, 11) is 0. The van der Waals surface area contributed by atoms with Gasteiger partial charge in [-0.05, 0) is 31.9 Å². The Bertz CT molecular complexity index is 631. The number of hydrogen-bond acceptors (Lipinski definition) is 5. The van der Waals surface area contributed by atoms with Crippen molar-refractivity contribution in [3.05, 3.63) is 33.9 Å². The molecule has 0 bridgehead atoms. The van der Waals surface area contributed by atoms with E-state index in [-0.39, 0.29) is 16.9 Å². The molecule has 8 nitrogen and oxygen atoms in total. The molecule has 0 spiro atoms. The highest BCUT2D eigenvalue weighted by atomic mass is 16.6. The van der Waals surface area contributed by atoms with Crippen LogP contribution in [0.1, 0.15) is 30.1 Å². The van der Waals surface area contributed by atoms with E-state index < -0.39 is 28.8 Å². The number of amides is 1. The van der Waals surface area contributed by atoms with E-state index in [2.05, 4.69) is 0 Å². The maximum Gasteiger partial charge on any atom is 0.308 e. The number of nitro benzene ring substituents is 1. The first kappa shape index (κ1) is 15.7. The number of nitrogens with zero attached hydrogens (tertiary/aromatic N) is 2. The van der Waals surface area contributed by atoms with Gasteiger partial charge in [0.05, 0.1) is 10.8 Å². The second-order valence-electron chi connectivity index (χ2n) is 5.36. The van der Waals surface area contributed by atoms with Crippen molar-refractivity contribution in [2.75, 3.05) is 12.3 Å². The van der Waals surface area contributed by atoms with E-state index in [1.165, 1.54) is 17.0 Å². The number of carboxylic acid groups (broad SMARTS) is 1. The van der Waals surface area contributed by atoms with Crippen LogP contribution in [0.3, 0.4) is 0 Å². The Kier molecular flexibility index (Phi) is 4.30. The van der Waals surface area contributed by atoms with Crippen LogP contribution in [-0.2, 0) is 4.79 Å². The highest BCUT2D eigenvalue weighted by Crippen LogP contribution is 2.28. The van der Waals surface area contributed by atoms with Crippen molar-refractivity contribution in [1.29, 1.82) is 0 Å². The molecule has 1 saturated heterocycles. The number of likely N-dealkylation sites (tertiary alicyclic amines) is 1. The van der Waals surface area contributed by atoms with E-state index in [4.69, 9.17) is 5.73 Å². The summed E-state index contributed by atoms with van der Waals surface area (Å²) in [4.78, 5) is 35.5. The van der Waals surface area contributed by atoms with Gasteiger partial charge < -0.3 is 15.7 Å². The predicted octanol–water partition coefficient (Wildman–Crippen LogP) is 1.50. The quantitative estimate of drug-likeness (QED) is 0.495. The number of hydrogen-bond donors (Lipinski definition) is 2. The monoisotopic (exact) mass is 307 g/mol. The van der Waals surface area contributed by atoms with E-state index in [1.54, 1.807) is 6.92 Å². The summed E-state index contributed by atoms with van der Waals surface area (Å²) in [5.41, 5.74) is 5.31. The van der Waals surface area contributed by atoms with Crippen LogP contribution in [0.4, 0.5) is 11.4 Å². The van der Waals surface area contributed by atoms with Gasteiger partial charge in [-0.3, -0.25) is 19.7 Å². The lowest BCUT2D eigenvalue weighted by Gasteiger charge is -2.37. The number of nitrogens with two attached hydrogens (primary N) is 1. The zero-order valence-corrected chi connectivity index (χ0v) is 12.1. The van der Waals surface area contributed by atoms with E-state index in [1.807, 2.05) is 0 Å². The number of nitro groups is 1. The van der Waals surface area contributed by atoms with Crippen molar-refractivity contribution in [3.8, 4) is 0 Å². The zero-order chi connectivity index (χ0) is 16.4. The fourth-order valence-corrected chi connectivity index (χ4v) is 2.76.